The second-order valence-electron chi connectivity index (χ2n) is 10.4. The Kier molecular flexibility index (Phi) is 8.27. The van der Waals surface area contributed by atoms with Crippen LogP contribution >= 0.6 is 0 Å². The van der Waals surface area contributed by atoms with Gasteiger partial charge in [-0.1, -0.05) is 56.3 Å². The summed E-state index contributed by atoms with van der Waals surface area (Å²) in [5.74, 6) is 0.0241. The zero-order valence-electron chi connectivity index (χ0n) is 22.1. The summed E-state index contributed by atoms with van der Waals surface area (Å²) in [4.78, 5) is 38.6. The van der Waals surface area contributed by atoms with Crippen molar-refractivity contribution in [3.63, 3.8) is 0 Å². The highest BCUT2D eigenvalue weighted by Crippen LogP contribution is 2.45. The first-order chi connectivity index (χ1) is 17.8. The van der Waals surface area contributed by atoms with Crippen molar-refractivity contribution in [2.75, 3.05) is 7.11 Å². The van der Waals surface area contributed by atoms with E-state index in [1.165, 1.54) is 41.7 Å². The van der Waals surface area contributed by atoms with E-state index >= 15 is 0 Å². The molecule has 0 spiro atoms. The van der Waals surface area contributed by atoms with Gasteiger partial charge in [0.25, 0.3) is 5.56 Å². The minimum atomic E-state index is -0.685. The highest BCUT2D eigenvalue weighted by atomic mass is 16.5. The minimum Gasteiger partial charge on any atom is -0.469 e. The molecule has 0 radical (unpaired) electrons. The number of aryl methyl sites for hydroxylation is 1. The number of amides is 1. The molecule has 6 nitrogen and oxygen atoms in total. The van der Waals surface area contributed by atoms with Crippen molar-refractivity contribution in [3.05, 3.63) is 93.9 Å². The van der Waals surface area contributed by atoms with Crippen molar-refractivity contribution in [1.82, 2.24) is 9.88 Å². The summed E-state index contributed by atoms with van der Waals surface area (Å²) in [6.07, 6.45) is 4.48. The number of ether oxygens (including phenoxy) is 1. The maximum absolute atomic E-state index is 13.7. The lowest BCUT2D eigenvalue weighted by Crippen LogP contribution is -2.40. The fourth-order valence-electron chi connectivity index (χ4n) is 4.91. The first kappa shape index (κ1) is 26.4. The van der Waals surface area contributed by atoms with Gasteiger partial charge in [0.05, 0.1) is 19.6 Å². The van der Waals surface area contributed by atoms with E-state index in [2.05, 4.69) is 36.5 Å². The molecule has 1 aliphatic carbocycles. The van der Waals surface area contributed by atoms with E-state index in [1.807, 2.05) is 32.0 Å². The van der Waals surface area contributed by atoms with E-state index in [0.717, 1.165) is 16.7 Å². The SMILES string of the molecule is COC(=O)CC(NC(=O)[C@H](CC(C)C)n1ccccc1=O)c1ccc(C2CC2)c(-c2ccccc2C)c1. The fraction of sp³-hybridized carbons (Fsp3) is 0.387. The van der Waals surface area contributed by atoms with E-state index in [-0.39, 0.29) is 23.8 Å². The van der Waals surface area contributed by atoms with Crippen molar-refractivity contribution >= 4 is 11.9 Å². The number of nitrogens with zero attached hydrogens (tertiary/aromatic N) is 1. The van der Waals surface area contributed by atoms with Gasteiger partial charge < -0.3 is 14.6 Å². The third-order valence-electron chi connectivity index (χ3n) is 7.03. The molecule has 3 aromatic rings. The summed E-state index contributed by atoms with van der Waals surface area (Å²) < 4.78 is 6.44. The van der Waals surface area contributed by atoms with Gasteiger partial charge in [-0.15, -0.1) is 0 Å². The number of benzene rings is 2. The van der Waals surface area contributed by atoms with Crippen LogP contribution in [0.1, 0.15) is 74.2 Å². The molecule has 0 aliphatic heterocycles. The van der Waals surface area contributed by atoms with E-state index in [9.17, 15) is 14.4 Å². The van der Waals surface area contributed by atoms with Gasteiger partial charge in [0.2, 0.25) is 5.91 Å². The first-order valence-electron chi connectivity index (χ1n) is 13.0. The minimum absolute atomic E-state index is 0.00366. The van der Waals surface area contributed by atoms with Crippen molar-refractivity contribution in [1.29, 1.82) is 0 Å². The Hall–Kier alpha value is -3.67. The van der Waals surface area contributed by atoms with Crippen LogP contribution in [0.15, 0.2) is 71.7 Å². The summed E-state index contributed by atoms with van der Waals surface area (Å²) in [6.45, 7) is 6.14. The van der Waals surface area contributed by atoms with Crippen LogP contribution in [0.3, 0.4) is 0 Å². The molecule has 37 heavy (non-hydrogen) atoms. The molecule has 2 atom stereocenters. The average molecular weight is 501 g/mol. The van der Waals surface area contributed by atoms with Crippen molar-refractivity contribution in [3.8, 4) is 11.1 Å². The van der Waals surface area contributed by atoms with Gasteiger partial charge >= 0.3 is 5.97 Å². The molecule has 1 unspecified atom stereocenters. The van der Waals surface area contributed by atoms with Crippen LogP contribution in [0.5, 0.6) is 0 Å². The maximum atomic E-state index is 13.7. The van der Waals surface area contributed by atoms with Gasteiger partial charge in [0, 0.05) is 12.3 Å². The average Bonchev–Trinajstić information content (AvgIpc) is 3.72. The fourth-order valence-corrected chi connectivity index (χ4v) is 4.91. The Bertz CT molecular complexity index is 1320. The number of aromatic nitrogens is 1. The van der Waals surface area contributed by atoms with Crippen LogP contribution in [-0.2, 0) is 14.3 Å². The quantitative estimate of drug-likeness (QED) is 0.362. The molecule has 1 saturated carbocycles. The maximum Gasteiger partial charge on any atom is 0.307 e. The van der Waals surface area contributed by atoms with E-state index in [1.54, 1.807) is 18.3 Å². The lowest BCUT2D eigenvalue weighted by molar-refractivity contribution is -0.141. The molecule has 1 aromatic heterocycles. The largest absolute Gasteiger partial charge is 0.469 e. The molecular formula is C31H36N2O4. The number of nitrogens with one attached hydrogen (secondary N) is 1. The van der Waals surface area contributed by atoms with E-state index < -0.39 is 18.1 Å². The summed E-state index contributed by atoms with van der Waals surface area (Å²) in [6, 6.07) is 18.1. The topological polar surface area (TPSA) is 77.4 Å². The first-order valence-corrected chi connectivity index (χ1v) is 13.0. The van der Waals surface area contributed by atoms with Gasteiger partial charge in [-0.2, -0.15) is 0 Å². The molecule has 2 aromatic carbocycles. The Labute approximate surface area is 218 Å². The van der Waals surface area contributed by atoms with Crippen molar-refractivity contribution in [2.24, 2.45) is 5.92 Å². The van der Waals surface area contributed by atoms with Crippen LogP contribution in [0, 0.1) is 12.8 Å². The zero-order valence-corrected chi connectivity index (χ0v) is 22.1. The Balaban J connectivity index is 1.72. The molecule has 4 rings (SSSR count). The molecule has 1 heterocycles. The van der Waals surface area contributed by atoms with Crippen LogP contribution in [0.4, 0.5) is 0 Å². The number of pyridine rings is 1. The number of methoxy groups -OCH3 is 1. The molecule has 1 aliphatic rings. The number of hydrogen-bond donors (Lipinski definition) is 1. The Morgan fingerprint density at radius 2 is 1.76 bits per heavy atom. The standard InChI is InChI=1S/C31H36N2O4/c1-20(2)17-28(33-16-8-7-11-29(33)34)31(36)32-27(19-30(35)37-4)23-14-15-25(22-12-13-22)26(18-23)24-10-6-5-9-21(24)3/h5-11,14-16,18,20,22,27-28H,12-13,17,19H2,1-4H3,(H,32,36)/t27?,28-/m0/s1. The zero-order chi connectivity index (χ0) is 26.5. The molecule has 1 amide bonds. The smallest absolute Gasteiger partial charge is 0.307 e. The molecule has 0 saturated heterocycles. The molecule has 1 N–H and O–H groups in total. The number of carbonyl (C=O) groups excluding carboxylic acids is 2. The predicted octanol–water partition coefficient (Wildman–Crippen LogP) is 5.71. The third-order valence-corrected chi connectivity index (χ3v) is 7.03. The highest BCUT2D eigenvalue weighted by Gasteiger charge is 2.30. The van der Waals surface area contributed by atoms with Crippen LogP contribution in [0.25, 0.3) is 11.1 Å². The predicted molar refractivity (Wildman–Crippen MR) is 145 cm³/mol. The summed E-state index contributed by atoms with van der Waals surface area (Å²) in [5.41, 5.74) is 5.38. The lowest BCUT2D eigenvalue weighted by Gasteiger charge is -2.26. The summed E-state index contributed by atoms with van der Waals surface area (Å²) in [7, 11) is 1.35. The second kappa shape index (κ2) is 11.6. The molecule has 0 bridgehead atoms. The number of hydrogen-bond acceptors (Lipinski definition) is 4. The van der Waals surface area contributed by atoms with E-state index in [4.69, 9.17) is 4.74 Å². The number of esters is 1. The van der Waals surface area contributed by atoms with Crippen LogP contribution in [0.2, 0.25) is 0 Å². The normalized spacial score (nSPS) is 14.7. The van der Waals surface area contributed by atoms with Gasteiger partial charge in [-0.25, -0.2) is 0 Å². The lowest BCUT2D eigenvalue weighted by atomic mass is 9.89. The molecule has 6 heteroatoms. The van der Waals surface area contributed by atoms with Crippen LogP contribution < -0.4 is 10.9 Å². The van der Waals surface area contributed by atoms with Gasteiger partial charge in [0.15, 0.2) is 0 Å². The van der Waals surface area contributed by atoms with Crippen molar-refractivity contribution < 1.29 is 14.3 Å². The Morgan fingerprint density at radius 3 is 2.41 bits per heavy atom. The summed E-state index contributed by atoms with van der Waals surface area (Å²) in [5, 5.41) is 3.09. The number of rotatable bonds is 10. The highest BCUT2D eigenvalue weighted by molar-refractivity contribution is 5.82. The summed E-state index contributed by atoms with van der Waals surface area (Å²) >= 11 is 0. The van der Waals surface area contributed by atoms with Crippen LogP contribution in [-0.4, -0.2) is 23.6 Å². The van der Waals surface area contributed by atoms with E-state index in [0.29, 0.717) is 12.3 Å². The van der Waals surface area contributed by atoms with Gasteiger partial charge in [-0.05, 0) is 78.0 Å². The Morgan fingerprint density at radius 1 is 1.03 bits per heavy atom. The van der Waals surface area contributed by atoms with Gasteiger partial charge in [0.1, 0.15) is 6.04 Å². The number of carbonyl (C=O) groups is 2. The monoisotopic (exact) mass is 500 g/mol. The van der Waals surface area contributed by atoms with Crippen molar-refractivity contribution in [2.45, 2.75) is 64.5 Å². The third kappa shape index (κ3) is 6.37. The van der Waals surface area contributed by atoms with Gasteiger partial charge in [-0.3, -0.25) is 14.4 Å². The molecule has 194 valence electrons. The molecule has 1 fully saturated rings. The second-order valence-corrected chi connectivity index (χ2v) is 10.4. The molecular weight excluding hydrogens is 464 g/mol.